The molecule has 2 heterocycles. The van der Waals surface area contributed by atoms with E-state index in [1.807, 2.05) is 13.8 Å². The number of carbonyl (C=O) groups excluding carboxylic acids is 2. The highest BCUT2D eigenvalue weighted by Crippen LogP contribution is 2.40. The van der Waals surface area contributed by atoms with Crippen LogP contribution in [-0.4, -0.2) is 38.4 Å². The highest BCUT2D eigenvalue weighted by Gasteiger charge is 2.46. The number of ether oxygens (including phenoxy) is 1. The van der Waals surface area contributed by atoms with Crippen molar-refractivity contribution in [3.8, 4) is 11.5 Å². The third kappa shape index (κ3) is 4.78. The van der Waals surface area contributed by atoms with Gasteiger partial charge in [-0.2, -0.15) is 0 Å². The van der Waals surface area contributed by atoms with Crippen molar-refractivity contribution < 1.29 is 24.5 Å². The molecule has 1 aliphatic rings. The standard InChI is InChI=1S/C27H26N2O5/c1-17(2)16-34-22-5-3-4-20(14-22)25(31)23-24(19-6-8-21(30)9-7-19)29(27(33)26(23)32)15-18-10-12-28-13-11-18/h3-14,17,24,30-31H,15-16H2,1-2H3/b25-23-. The van der Waals surface area contributed by atoms with Crippen molar-refractivity contribution in [2.24, 2.45) is 5.92 Å². The lowest BCUT2D eigenvalue weighted by molar-refractivity contribution is -0.140. The van der Waals surface area contributed by atoms with Crippen LogP contribution in [0.1, 0.15) is 36.6 Å². The SMILES string of the molecule is CC(C)COc1cccc(/C(O)=C2/C(=O)C(=O)N(Cc3ccncc3)C2c2ccc(O)cc2)c1. The highest BCUT2D eigenvalue weighted by molar-refractivity contribution is 6.46. The van der Waals surface area contributed by atoms with Gasteiger partial charge in [-0.3, -0.25) is 14.6 Å². The first-order valence-electron chi connectivity index (χ1n) is 11.0. The summed E-state index contributed by atoms with van der Waals surface area (Å²) in [6.07, 6.45) is 3.23. The minimum atomic E-state index is -0.825. The fraction of sp³-hybridized carbons (Fsp3) is 0.222. The monoisotopic (exact) mass is 458 g/mol. The van der Waals surface area contributed by atoms with E-state index in [-0.39, 0.29) is 23.6 Å². The molecule has 0 saturated carbocycles. The Morgan fingerprint density at radius 2 is 1.76 bits per heavy atom. The number of rotatable bonds is 7. The molecule has 2 aromatic carbocycles. The molecule has 0 spiro atoms. The lowest BCUT2D eigenvalue weighted by atomic mass is 9.95. The van der Waals surface area contributed by atoms with E-state index >= 15 is 0 Å². The fourth-order valence-electron chi connectivity index (χ4n) is 3.88. The normalized spacial score (nSPS) is 17.4. The van der Waals surface area contributed by atoms with Gasteiger partial charge in [-0.1, -0.05) is 38.1 Å². The van der Waals surface area contributed by atoms with Crippen molar-refractivity contribution in [1.82, 2.24) is 9.88 Å². The zero-order chi connectivity index (χ0) is 24.2. The number of benzene rings is 2. The van der Waals surface area contributed by atoms with Gasteiger partial charge in [0.05, 0.1) is 18.2 Å². The number of amides is 1. The average Bonchev–Trinajstić information content (AvgIpc) is 3.08. The molecule has 4 rings (SSSR count). The van der Waals surface area contributed by atoms with E-state index in [1.165, 1.54) is 17.0 Å². The summed E-state index contributed by atoms with van der Waals surface area (Å²) >= 11 is 0. The van der Waals surface area contributed by atoms with Crippen LogP contribution in [0, 0.1) is 5.92 Å². The topological polar surface area (TPSA) is 100.0 Å². The van der Waals surface area contributed by atoms with Crippen molar-refractivity contribution in [2.45, 2.75) is 26.4 Å². The number of aliphatic hydroxyl groups is 1. The average molecular weight is 459 g/mol. The smallest absolute Gasteiger partial charge is 0.295 e. The van der Waals surface area contributed by atoms with Gasteiger partial charge < -0.3 is 19.8 Å². The summed E-state index contributed by atoms with van der Waals surface area (Å²) in [6, 6.07) is 15.8. The van der Waals surface area contributed by atoms with Crippen LogP contribution in [0.5, 0.6) is 11.5 Å². The van der Waals surface area contributed by atoms with Crippen molar-refractivity contribution >= 4 is 17.4 Å². The van der Waals surface area contributed by atoms with Gasteiger partial charge in [0.2, 0.25) is 0 Å². The minimum Gasteiger partial charge on any atom is -0.508 e. The van der Waals surface area contributed by atoms with Gasteiger partial charge in [-0.25, -0.2) is 0 Å². The maximum atomic E-state index is 13.2. The molecule has 174 valence electrons. The van der Waals surface area contributed by atoms with Gasteiger partial charge in [0.1, 0.15) is 17.3 Å². The second kappa shape index (κ2) is 9.79. The van der Waals surface area contributed by atoms with Crippen LogP contribution < -0.4 is 4.74 Å². The Balaban J connectivity index is 1.79. The molecule has 7 heteroatoms. The number of hydrogen-bond acceptors (Lipinski definition) is 6. The van der Waals surface area contributed by atoms with Crippen LogP contribution in [-0.2, 0) is 16.1 Å². The molecule has 3 aromatic rings. The number of Topliss-reactive ketones (excluding diaryl/α,β-unsaturated/α-hetero) is 1. The summed E-state index contributed by atoms with van der Waals surface area (Å²) in [5, 5.41) is 21.0. The maximum Gasteiger partial charge on any atom is 0.295 e. The first kappa shape index (κ1) is 23.0. The maximum absolute atomic E-state index is 13.2. The molecule has 1 saturated heterocycles. The zero-order valence-electron chi connectivity index (χ0n) is 19.0. The number of aromatic hydroxyl groups is 1. The Kier molecular flexibility index (Phi) is 6.63. The summed E-state index contributed by atoms with van der Waals surface area (Å²) in [6.45, 7) is 4.73. The van der Waals surface area contributed by atoms with E-state index in [2.05, 4.69) is 4.98 Å². The summed E-state index contributed by atoms with van der Waals surface area (Å²) in [4.78, 5) is 31.7. The Morgan fingerprint density at radius 3 is 2.44 bits per heavy atom. The number of hydrogen-bond donors (Lipinski definition) is 2. The Morgan fingerprint density at radius 1 is 1.06 bits per heavy atom. The first-order valence-corrected chi connectivity index (χ1v) is 11.0. The van der Waals surface area contributed by atoms with Gasteiger partial charge in [0, 0.05) is 24.5 Å². The van der Waals surface area contributed by atoms with Gasteiger partial charge in [-0.15, -0.1) is 0 Å². The number of likely N-dealkylation sites (tertiary alicyclic amines) is 1. The molecule has 0 radical (unpaired) electrons. The van der Waals surface area contributed by atoms with Gasteiger partial charge in [0.15, 0.2) is 0 Å². The van der Waals surface area contributed by atoms with E-state index in [4.69, 9.17) is 4.74 Å². The van der Waals surface area contributed by atoms with E-state index in [1.54, 1.807) is 60.9 Å². The van der Waals surface area contributed by atoms with Crippen molar-refractivity contribution in [3.63, 3.8) is 0 Å². The highest BCUT2D eigenvalue weighted by atomic mass is 16.5. The Labute approximate surface area is 198 Å². The molecule has 1 aromatic heterocycles. The molecule has 1 atom stereocenters. The van der Waals surface area contributed by atoms with Crippen LogP contribution in [0.4, 0.5) is 0 Å². The van der Waals surface area contributed by atoms with E-state index in [0.29, 0.717) is 29.4 Å². The van der Waals surface area contributed by atoms with Crippen molar-refractivity contribution in [3.05, 3.63) is 95.3 Å². The lowest BCUT2D eigenvalue weighted by Gasteiger charge is -2.25. The second-order valence-corrected chi connectivity index (χ2v) is 8.61. The number of pyridine rings is 1. The third-order valence-electron chi connectivity index (χ3n) is 5.54. The van der Waals surface area contributed by atoms with Gasteiger partial charge in [0.25, 0.3) is 11.7 Å². The number of aromatic nitrogens is 1. The molecule has 7 nitrogen and oxygen atoms in total. The zero-order valence-corrected chi connectivity index (χ0v) is 19.0. The van der Waals surface area contributed by atoms with E-state index < -0.39 is 17.7 Å². The molecule has 34 heavy (non-hydrogen) atoms. The molecule has 1 unspecified atom stereocenters. The predicted octanol–water partition coefficient (Wildman–Crippen LogP) is 4.44. The number of phenols is 1. The summed E-state index contributed by atoms with van der Waals surface area (Å²) in [7, 11) is 0. The van der Waals surface area contributed by atoms with Gasteiger partial charge >= 0.3 is 0 Å². The second-order valence-electron chi connectivity index (χ2n) is 8.61. The molecule has 0 bridgehead atoms. The molecule has 0 aliphatic carbocycles. The third-order valence-corrected chi connectivity index (χ3v) is 5.54. The van der Waals surface area contributed by atoms with E-state index in [9.17, 15) is 19.8 Å². The first-order chi connectivity index (χ1) is 16.3. The van der Waals surface area contributed by atoms with Crippen LogP contribution >= 0.6 is 0 Å². The van der Waals surface area contributed by atoms with Gasteiger partial charge in [-0.05, 0) is 53.4 Å². The fourth-order valence-corrected chi connectivity index (χ4v) is 3.88. The lowest BCUT2D eigenvalue weighted by Crippen LogP contribution is -2.29. The number of ketones is 1. The summed E-state index contributed by atoms with van der Waals surface area (Å²) in [5.41, 5.74) is 1.77. The Hall–Kier alpha value is -4.13. The molecular weight excluding hydrogens is 432 g/mol. The minimum absolute atomic E-state index is 0.00856. The molecule has 1 fully saturated rings. The Bertz CT molecular complexity index is 1220. The molecule has 2 N–H and O–H groups in total. The van der Waals surface area contributed by atoms with Crippen molar-refractivity contribution in [2.75, 3.05) is 6.61 Å². The summed E-state index contributed by atoms with van der Waals surface area (Å²) < 4.78 is 5.76. The molecular formula is C27H26N2O5. The van der Waals surface area contributed by atoms with Crippen LogP contribution in [0.15, 0.2) is 78.6 Å². The van der Waals surface area contributed by atoms with Crippen molar-refractivity contribution in [1.29, 1.82) is 0 Å². The molecule has 1 amide bonds. The number of nitrogens with zero attached hydrogens (tertiary/aromatic N) is 2. The molecule has 1 aliphatic heterocycles. The quantitative estimate of drug-likeness (QED) is 0.308. The largest absolute Gasteiger partial charge is 0.508 e. The van der Waals surface area contributed by atoms with E-state index in [0.717, 1.165) is 5.56 Å². The number of phenolic OH excluding ortho intramolecular Hbond substituents is 1. The summed E-state index contributed by atoms with van der Waals surface area (Å²) in [5.74, 6) is -0.800. The number of aliphatic hydroxyl groups excluding tert-OH is 1. The van der Waals surface area contributed by atoms with Crippen LogP contribution in [0.25, 0.3) is 5.76 Å². The van der Waals surface area contributed by atoms with Crippen LogP contribution in [0.2, 0.25) is 0 Å². The van der Waals surface area contributed by atoms with Crippen LogP contribution in [0.3, 0.4) is 0 Å². The number of carbonyl (C=O) groups is 2. The predicted molar refractivity (Wildman–Crippen MR) is 127 cm³/mol.